The molecular weight excluding hydrogens is 208 g/mol. The first-order valence-corrected chi connectivity index (χ1v) is 5.07. The highest BCUT2D eigenvalue weighted by atomic mass is 35.5. The quantitative estimate of drug-likeness (QED) is 0.535. The first-order valence-electron chi connectivity index (χ1n) is 4.69. The number of hydrogen-bond donors (Lipinski definition) is 0. The summed E-state index contributed by atoms with van der Waals surface area (Å²) in [4.78, 5) is 4.32. The van der Waals surface area contributed by atoms with Gasteiger partial charge in [0.25, 0.3) is 0 Å². The summed E-state index contributed by atoms with van der Waals surface area (Å²) in [5.74, 6) is 0. The number of furan rings is 1. The fourth-order valence-corrected chi connectivity index (χ4v) is 2.14. The van der Waals surface area contributed by atoms with Gasteiger partial charge >= 0.3 is 0 Å². The predicted octanol–water partition coefficient (Wildman–Crippen LogP) is 1.89. The van der Waals surface area contributed by atoms with E-state index in [1.807, 2.05) is 32.1 Å². The van der Waals surface area contributed by atoms with E-state index in [1.165, 1.54) is 0 Å². The van der Waals surface area contributed by atoms with Crippen LogP contribution in [0.25, 0.3) is 22.1 Å². The second-order valence-electron chi connectivity index (χ2n) is 3.55. The highest BCUT2D eigenvalue weighted by Gasteiger charge is 2.10. The van der Waals surface area contributed by atoms with Gasteiger partial charge in [0.2, 0.25) is 0 Å². The molecule has 0 saturated heterocycles. The fourth-order valence-electron chi connectivity index (χ4n) is 1.88. The zero-order valence-corrected chi connectivity index (χ0v) is 8.88. The average molecular weight is 215 g/mol. The van der Waals surface area contributed by atoms with E-state index in [1.54, 1.807) is 6.20 Å². The molecule has 0 fully saturated rings. The molecule has 0 amide bonds. The van der Waals surface area contributed by atoms with Gasteiger partial charge in [-0.2, -0.15) is 0 Å². The Morgan fingerprint density at radius 1 is 1.27 bits per heavy atom. The summed E-state index contributed by atoms with van der Waals surface area (Å²) in [6.07, 6.45) is 1.77. The SMILES string of the molecule is Bc1cc(Cl)cc2oc3cccnc3c12. The van der Waals surface area contributed by atoms with Crippen LogP contribution in [0.5, 0.6) is 0 Å². The summed E-state index contributed by atoms with van der Waals surface area (Å²) in [6.45, 7) is 0. The number of fused-ring (bicyclic) bond motifs is 3. The summed E-state index contributed by atoms with van der Waals surface area (Å²) in [7, 11) is 2.01. The molecule has 0 atom stereocenters. The third-order valence-corrected chi connectivity index (χ3v) is 2.71. The van der Waals surface area contributed by atoms with Crippen LogP contribution in [0.15, 0.2) is 34.9 Å². The summed E-state index contributed by atoms with van der Waals surface area (Å²) in [5, 5.41) is 1.74. The van der Waals surface area contributed by atoms with Gasteiger partial charge in [-0.05, 0) is 18.2 Å². The lowest BCUT2D eigenvalue weighted by Crippen LogP contribution is -2.02. The molecule has 3 aromatic rings. The topological polar surface area (TPSA) is 26.0 Å². The minimum atomic E-state index is 0.694. The molecule has 0 spiro atoms. The van der Waals surface area contributed by atoms with E-state index in [0.717, 1.165) is 27.5 Å². The van der Waals surface area contributed by atoms with Crippen molar-refractivity contribution in [1.29, 1.82) is 0 Å². The third-order valence-electron chi connectivity index (χ3n) is 2.49. The van der Waals surface area contributed by atoms with Gasteiger partial charge in [0.05, 0.1) is 0 Å². The lowest BCUT2D eigenvalue weighted by Gasteiger charge is -1.95. The number of hydrogen-bond acceptors (Lipinski definition) is 2. The van der Waals surface area contributed by atoms with Gasteiger partial charge in [-0.15, -0.1) is 0 Å². The van der Waals surface area contributed by atoms with Gasteiger partial charge in [0, 0.05) is 22.7 Å². The van der Waals surface area contributed by atoms with Gasteiger partial charge < -0.3 is 4.42 Å². The lowest BCUT2D eigenvalue weighted by atomic mass is 9.92. The Labute approximate surface area is 92.3 Å². The number of nitrogens with zero attached hydrogens (tertiary/aromatic N) is 1. The molecule has 0 saturated carbocycles. The van der Waals surface area contributed by atoms with E-state index < -0.39 is 0 Å². The molecule has 4 heteroatoms. The van der Waals surface area contributed by atoms with Crippen molar-refractivity contribution in [2.75, 3.05) is 0 Å². The summed E-state index contributed by atoms with van der Waals surface area (Å²) >= 11 is 5.97. The van der Waals surface area contributed by atoms with E-state index in [0.29, 0.717) is 5.02 Å². The lowest BCUT2D eigenvalue weighted by molar-refractivity contribution is 0.668. The summed E-state index contributed by atoms with van der Waals surface area (Å²) in [6, 6.07) is 7.52. The maximum absolute atomic E-state index is 5.97. The maximum Gasteiger partial charge on any atom is 0.153 e. The molecule has 2 heterocycles. The molecule has 0 N–H and O–H groups in total. The minimum absolute atomic E-state index is 0.694. The van der Waals surface area contributed by atoms with Crippen LogP contribution >= 0.6 is 11.6 Å². The zero-order valence-electron chi connectivity index (χ0n) is 8.12. The zero-order chi connectivity index (χ0) is 10.4. The fraction of sp³-hybridized carbons (Fsp3) is 0. The largest absolute Gasteiger partial charge is 0.454 e. The number of rotatable bonds is 0. The number of benzene rings is 1. The second kappa shape index (κ2) is 3.01. The Kier molecular flexibility index (Phi) is 1.76. The minimum Gasteiger partial charge on any atom is -0.454 e. The van der Waals surface area contributed by atoms with Gasteiger partial charge in [0.15, 0.2) is 5.58 Å². The van der Waals surface area contributed by atoms with E-state index >= 15 is 0 Å². The molecule has 2 nitrogen and oxygen atoms in total. The molecule has 2 aromatic heterocycles. The molecule has 0 aliphatic carbocycles. The molecule has 0 radical (unpaired) electrons. The monoisotopic (exact) mass is 215 g/mol. The van der Waals surface area contributed by atoms with E-state index in [-0.39, 0.29) is 0 Å². The van der Waals surface area contributed by atoms with Gasteiger partial charge in [-0.1, -0.05) is 17.1 Å². The van der Waals surface area contributed by atoms with Crippen LogP contribution in [-0.2, 0) is 0 Å². The number of halogens is 1. The van der Waals surface area contributed by atoms with E-state index in [2.05, 4.69) is 4.98 Å². The maximum atomic E-state index is 5.97. The van der Waals surface area contributed by atoms with E-state index in [9.17, 15) is 0 Å². The van der Waals surface area contributed by atoms with Crippen LogP contribution in [0.2, 0.25) is 5.02 Å². The Bertz CT molecular complexity index is 662. The predicted molar refractivity (Wildman–Crippen MR) is 64.7 cm³/mol. The average Bonchev–Trinajstić information content (AvgIpc) is 2.54. The number of aromatic nitrogens is 1. The Morgan fingerprint density at radius 2 is 2.13 bits per heavy atom. The first kappa shape index (κ1) is 8.80. The van der Waals surface area contributed by atoms with Crippen LogP contribution in [-0.4, -0.2) is 12.8 Å². The van der Waals surface area contributed by atoms with Crippen molar-refractivity contribution >= 4 is 47.0 Å². The van der Waals surface area contributed by atoms with Crippen molar-refractivity contribution in [1.82, 2.24) is 4.98 Å². The Hall–Kier alpha value is -1.48. The Morgan fingerprint density at radius 3 is 3.00 bits per heavy atom. The molecular formula is C11H7BClNO. The van der Waals surface area contributed by atoms with Gasteiger partial charge in [-0.3, -0.25) is 4.98 Å². The first-order chi connectivity index (χ1) is 7.25. The van der Waals surface area contributed by atoms with Crippen molar-refractivity contribution in [3.8, 4) is 0 Å². The highest BCUT2D eigenvalue weighted by molar-refractivity contribution is 6.43. The third kappa shape index (κ3) is 1.23. The number of pyridine rings is 1. The standard InChI is InChI=1S/C11H7BClNO/c12-7-4-6(13)5-9-10(7)11-8(15-9)2-1-3-14-11/h1-5H,12H2. The highest BCUT2D eigenvalue weighted by Crippen LogP contribution is 2.26. The molecule has 0 aliphatic heterocycles. The van der Waals surface area contributed by atoms with Gasteiger partial charge in [0.1, 0.15) is 18.9 Å². The van der Waals surface area contributed by atoms with Crippen LogP contribution in [0, 0.1) is 0 Å². The normalized spacial score (nSPS) is 11.3. The van der Waals surface area contributed by atoms with Crippen molar-refractivity contribution < 1.29 is 4.42 Å². The van der Waals surface area contributed by atoms with Crippen molar-refractivity contribution in [2.24, 2.45) is 0 Å². The molecule has 0 unspecified atom stereocenters. The molecule has 15 heavy (non-hydrogen) atoms. The van der Waals surface area contributed by atoms with Crippen molar-refractivity contribution in [3.05, 3.63) is 35.5 Å². The molecule has 0 bridgehead atoms. The molecule has 72 valence electrons. The van der Waals surface area contributed by atoms with Crippen LogP contribution in [0.3, 0.4) is 0 Å². The van der Waals surface area contributed by atoms with Crippen molar-refractivity contribution in [3.63, 3.8) is 0 Å². The Balaban J connectivity index is 2.61. The van der Waals surface area contributed by atoms with Crippen LogP contribution < -0.4 is 5.46 Å². The second-order valence-corrected chi connectivity index (χ2v) is 3.98. The summed E-state index contributed by atoms with van der Waals surface area (Å²) in [5.41, 5.74) is 3.60. The van der Waals surface area contributed by atoms with Crippen molar-refractivity contribution in [2.45, 2.75) is 0 Å². The molecule has 1 aromatic carbocycles. The van der Waals surface area contributed by atoms with Crippen LogP contribution in [0.4, 0.5) is 0 Å². The van der Waals surface area contributed by atoms with Crippen LogP contribution in [0.1, 0.15) is 0 Å². The smallest absolute Gasteiger partial charge is 0.153 e. The van der Waals surface area contributed by atoms with Gasteiger partial charge in [-0.25, -0.2) is 0 Å². The van der Waals surface area contributed by atoms with E-state index in [4.69, 9.17) is 16.0 Å². The summed E-state index contributed by atoms with van der Waals surface area (Å²) < 4.78 is 5.67. The molecule has 0 aliphatic rings. The molecule has 3 rings (SSSR count).